The zero-order chi connectivity index (χ0) is 19.4. The maximum absolute atomic E-state index is 12.4. The molecule has 1 heterocycles. The van der Waals surface area contributed by atoms with E-state index in [0.29, 0.717) is 6.01 Å². The molecule has 0 atom stereocenters. The number of aromatic nitrogens is 2. The highest BCUT2D eigenvalue weighted by Crippen LogP contribution is 2.23. The molecule has 1 fully saturated rings. The third-order valence-corrected chi connectivity index (χ3v) is 6.14. The fourth-order valence-electron chi connectivity index (χ4n) is 3.39. The summed E-state index contributed by atoms with van der Waals surface area (Å²) in [7, 11) is -3.35. The standard InChI is InChI=1S/C20H27N3O3S/c1-14-4-6-17(7-5-14)13-27(24,25)23-18-8-10-19(11-9-18)26-20-21-15(2)12-16(3)22-20/h4-7,12,18-19,23H,8-11,13H2,1-3H3. The highest BCUT2D eigenvalue weighted by Gasteiger charge is 2.26. The van der Waals surface area contributed by atoms with Crippen LogP contribution in [0, 0.1) is 20.8 Å². The van der Waals surface area contributed by atoms with Crippen LogP contribution in [0.15, 0.2) is 30.3 Å². The van der Waals surface area contributed by atoms with Gasteiger partial charge in [0.25, 0.3) is 0 Å². The SMILES string of the molecule is Cc1ccc(CS(=O)(=O)NC2CCC(Oc3nc(C)cc(C)n3)CC2)cc1. The number of sulfonamides is 1. The van der Waals surface area contributed by atoms with Crippen LogP contribution in [-0.2, 0) is 15.8 Å². The number of hydrogen-bond acceptors (Lipinski definition) is 5. The first-order chi connectivity index (χ1) is 12.8. The number of benzene rings is 1. The van der Waals surface area contributed by atoms with Crippen molar-refractivity contribution in [1.82, 2.24) is 14.7 Å². The molecule has 1 aromatic carbocycles. The van der Waals surface area contributed by atoms with Gasteiger partial charge < -0.3 is 4.74 Å². The molecule has 0 spiro atoms. The Labute approximate surface area is 161 Å². The molecular formula is C20H27N3O3S. The minimum absolute atomic E-state index is 0.0140. The van der Waals surface area contributed by atoms with E-state index in [4.69, 9.17) is 4.74 Å². The molecule has 0 bridgehead atoms. The summed E-state index contributed by atoms with van der Waals surface area (Å²) in [6.07, 6.45) is 3.11. The minimum atomic E-state index is -3.35. The molecule has 2 aromatic rings. The van der Waals surface area contributed by atoms with Crippen molar-refractivity contribution in [3.8, 4) is 6.01 Å². The van der Waals surface area contributed by atoms with Crippen molar-refractivity contribution in [3.63, 3.8) is 0 Å². The van der Waals surface area contributed by atoms with Crippen LogP contribution >= 0.6 is 0 Å². The lowest BCUT2D eigenvalue weighted by atomic mass is 9.94. The molecule has 1 saturated carbocycles. The van der Waals surface area contributed by atoms with E-state index in [1.807, 2.05) is 51.1 Å². The van der Waals surface area contributed by atoms with Crippen LogP contribution in [-0.4, -0.2) is 30.5 Å². The number of nitrogens with one attached hydrogen (secondary N) is 1. The van der Waals surface area contributed by atoms with Gasteiger partial charge in [0.1, 0.15) is 6.10 Å². The van der Waals surface area contributed by atoms with Crippen LogP contribution in [0.1, 0.15) is 48.2 Å². The molecule has 3 rings (SSSR count). The van der Waals surface area contributed by atoms with E-state index in [9.17, 15) is 8.42 Å². The molecule has 1 aromatic heterocycles. The summed E-state index contributed by atoms with van der Waals surface area (Å²) in [6.45, 7) is 5.82. The lowest BCUT2D eigenvalue weighted by molar-refractivity contribution is 0.131. The molecular weight excluding hydrogens is 362 g/mol. The Balaban J connectivity index is 1.50. The van der Waals surface area contributed by atoms with Crippen molar-refractivity contribution in [1.29, 1.82) is 0 Å². The number of nitrogens with zero attached hydrogens (tertiary/aromatic N) is 2. The van der Waals surface area contributed by atoms with Crippen molar-refractivity contribution in [2.75, 3.05) is 0 Å². The second-order valence-electron chi connectivity index (χ2n) is 7.39. The maximum atomic E-state index is 12.4. The highest BCUT2D eigenvalue weighted by molar-refractivity contribution is 7.88. The van der Waals surface area contributed by atoms with Crippen LogP contribution in [0.3, 0.4) is 0 Å². The van der Waals surface area contributed by atoms with Crippen LogP contribution in [0.5, 0.6) is 6.01 Å². The fraction of sp³-hybridized carbons (Fsp3) is 0.500. The molecule has 1 aliphatic rings. The summed E-state index contributed by atoms with van der Waals surface area (Å²) in [5.41, 5.74) is 3.69. The molecule has 6 nitrogen and oxygen atoms in total. The molecule has 0 amide bonds. The number of hydrogen-bond donors (Lipinski definition) is 1. The van der Waals surface area contributed by atoms with Gasteiger partial charge >= 0.3 is 6.01 Å². The van der Waals surface area contributed by atoms with Crippen molar-refractivity contribution in [2.45, 2.75) is 64.4 Å². The first-order valence-corrected chi connectivity index (χ1v) is 11.0. The van der Waals surface area contributed by atoms with E-state index in [-0.39, 0.29) is 17.9 Å². The lowest BCUT2D eigenvalue weighted by Crippen LogP contribution is -2.40. The van der Waals surface area contributed by atoms with Gasteiger partial charge in [0.05, 0.1) is 5.75 Å². The summed E-state index contributed by atoms with van der Waals surface area (Å²) in [4.78, 5) is 8.63. The van der Waals surface area contributed by atoms with Gasteiger partial charge in [-0.05, 0) is 58.1 Å². The molecule has 0 unspecified atom stereocenters. The fourth-order valence-corrected chi connectivity index (χ4v) is 4.85. The molecule has 146 valence electrons. The van der Waals surface area contributed by atoms with Gasteiger partial charge in [-0.1, -0.05) is 29.8 Å². The third kappa shape index (κ3) is 6.01. The number of ether oxygens (including phenoxy) is 1. The van der Waals surface area contributed by atoms with Crippen molar-refractivity contribution in [2.24, 2.45) is 0 Å². The third-order valence-electron chi connectivity index (χ3n) is 4.73. The Bertz CT molecular complexity index is 854. The van der Waals surface area contributed by atoms with E-state index in [0.717, 1.165) is 48.2 Å². The molecule has 0 aliphatic heterocycles. The van der Waals surface area contributed by atoms with Crippen molar-refractivity contribution < 1.29 is 13.2 Å². The zero-order valence-corrected chi connectivity index (χ0v) is 16.9. The summed E-state index contributed by atoms with van der Waals surface area (Å²) < 4.78 is 33.6. The number of rotatable bonds is 6. The zero-order valence-electron chi connectivity index (χ0n) is 16.1. The first-order valence-electron chi connectivity index (χ1n) is 9.33. The summed E-state index contributed by atoms with van der Waals surface area (Å²) in [5.74, 6) is 0.0140. The predicted octanol–water partition coefficient (Wildman–Crippen LogP) is 3.21. The summed E-state index contributed by atoms with van der Waals surface area (Å²) in [5, 5.41) is 0. The van der Waals surface area contributed by atoms with Crippen LogP contribution < -0.4 is 9.46 Å². The van der Waals surface area contributed by atoms with E-state index < -0.39 is 10.0 Å². The van der Waals surface area contributed by atoms with Gasteiger partial charge in [0, 0.05) is 17.4 Å². The van der Waals surface area contributed by atoms with Gasteiger partial charge in [-0.15, -0.1) is 0 Å². The monoisotopic (exact) mass is 389 g/mol. The summed E-state index contributed by atoms with van der Waals surface area (Å²) in [6, 6.07) is 9.88. The van der Waals surface area contributed by atoms with E-state index in [1.165, 1.54) is 0 Å². The quantitative estimate of drug-likeness (QED) is 0.820. The molecule has 27 heavy (non-hydrogen) atoms. The maximum Gasteiger partial charge on any atom is 0.317 e. The highest BCUT2D eigenvalue weighted by atomic mass is 32.2. The number of aryl methyl sites for hydroxylation is 3. The van der Waals surface area contributed by atoms with Crippen LogP contribution in [0.2, 0.25) is 0 Å². The average Bonchev–Trinajstić information content (AvgIpc) is 2.57. The Morgan fingerprint density at radius 1 is 1.00 bits per heavy atom. The normalized spacial score (nSPS) is 20.4. The molecule has 0 saturated heterocycles. The van der Waals surface area contributed by atoms with E-state index >= 15 is 0 Å². The van der Waals surface area contributed by atoms with Crippen molar-refractivity contribution in [3.05, 3.63) is 52.8 Å². The Hall–Kier alpha value is -1.99. The van der Waals surface area contributed by atoms with Crippen molar-refractivity contribution >= 4 is 10.0 Å². The first kappa shape index (κ1) is 19.8. The molecule has 0 radical (unpaired) electrons. The van der Waals surface area contributed by atoms with Crippen LogP contribution in [0.4, 0.5) is 0 Å². The van der Waals surface area contributed by atoms with Gasteiger partial charge in [-0.2, -0.15) is 0 Å². The Morgan fingerprint density at radius 2 is 1.59 bits per heavy atom. The second kappa shape index (κ2) is 8.35. The van der Waals surface area contributed by atoms with Gasteiger partial charge in [0.2, 0.25) is 10.0 Å². The molecule has 7 heteroatoms. The van der Waals surface area contributed by atoms with E-state index in [2.05, 4.69) is 14.7 Å². The second-order valence-corrected chi connectivity index (χ2v) is 9.14. The molecule has 1 N–H and O–H groups in total. The average molecular weight is 390 g/mol. The minimum Gasteiger partial charge on any atom is -0.460 e. The van der Waals surface area contributed by atoms with E-state index in [1.54, 1.807) is 0 Å². The van der Waals surface area contributed by atoms with Gasteiger partial charge in [-0.25, -0.2) is 23.1 Å². The summed E-state index contributed by atoms with van der Waals surface area (Å²) >= 11 is 0. The Kier molecular flexibility index (Phi) is 6.11. The largest absolute Gasteiger partial charge is 0.460 e. The topological polar surface area (TPSA) is 81.2 Å². The Morgan fingerprint density at radius 3 is 2.19 bits per heavy atom. The van der Waals surface area contributed by atoms with Gasteiger partial charge in [-0.3, -0.25) is 0 Å². The molecule has 1 aliphatic carbocycles. The lowest BCUT2D eigenvalue weighted by Gasteiger charge is -2.28. The van der Waals surface area contributed by atoms with Gasteiger partial charge in [0.15, 0.2) is 0 Å². The van der Waals surface area contributed by atoms with Crippen LogP contribution in [0.25, 0.3) is 0 Å². The smallest absolute Gasteiger partial charge is 0.317 e. The predicted molar refractivity (Wildman–Crippen MR) is 105 cm³/mol.